The number of rotatable bonds is 9. The number of benzene rings is 4. The van der Waals surface area contributed by atoms with Crippen molar-refractivity contribution in [1.29, 1.82) is 0 Å². The summed E-state index contributed by atoms with van der Waals surface area (Å²) >= 11 is 6.21. The average Bonchev–Trinajstić information content (AvgIpc) is 3.00. The molecule has 0 aliphatic carbocycles. The van der Waals surface area contributed by atoms with Crippen LogP contribution in [0.5, 0.6) is 11.5 Å². The molecule has 5 rings (SSSR count). The Morgan fingerprint density at radius 2 is 1.64 bits per heavy atom. The molecule has 44 heavy (non-hydrogen) atoms. The van der Waals surface area contributed by atoms with E-state index in [0.29, 0.717) is 23.1 Å². The summed E-state index contributed by atoms with van der Waals surface area (Å²) in [6.07, 6.45) is 1.27. The van der Waals surface area contributed by atoms with Crippen molar-refractivity contribution in [2.45, 2.75) is 20.5 Å². The van der Waals surface area contributed by atoms with Gasteiger partial charge in [0.2, 0.25) is 0 Å². The number of carbonyl (C=O) groups excluding carboxylic acids is 4. The fourth-order valence-corrected chi connectivity index (χ4v) is 4.58. The second-order valence-corrected chi connectivity index (χ2v) is 10.5. The summed E-state index contributed by atoms with van der Waals surface area (Å²) in [5.41, 5.74) is 3.94. The topological polar surface area (TPSA) is 114 Å². The predicted molar refractivity (Wildman–Crippen MR) is 168 cm³/mol. The summed E-state index contributed by atoms with van der Waals surface area (Å²) in [5, 5.41) is 5.29. The van der Waals surface area contributed by atoms with Gasteiger partial charge in [-0.15, -0.1) is 0 Å². The van der Waals surface area contributed by atoms with E-state index in [2.05, 4.69) is 10.6 Å². The van der Waals surface area contributed by atoms with Gasteiger partial charge in [0, 0.05) is 16.3 Å². The third-order valence-electron chi connectivity index (χ3n) is 6.87. The van der Waals surface area contributed by atoms with E-state index in [1.165, 1.54) is 18.2 Å². The van der Waals surface area contributed by atoms with Crippen LogP contribution in [0.15, 0.2) is 96.6 Å². The number of barbiturate groups is 1. The van der Waals surface area contributed by atoms with Crippen LogP contribution >= 0.6 is 11.6 Å². The Morgan fingerprint density at radius 3 is 2.36 bits per heavy atom. The number of aryl methyl sites for hydroxylation is 2. The molecular weight excluding hydrogens is 582 g/mol. The maximum Gasteiger partial charge on any atom is 0.335 e. The monoisotopic (exact) mass is 609 g/mol. The molecule has 0 spiro atoms. The van der Waals surface area contributed by atoms with Crippen molar-refractivity contribution in [1.82, 2.24) is 5.32 Å². The lowest BCUT2D eigenvalue weighted by Crippen LogP contribution is -2.54. The van der Waals surface area contributed by atoms with E-state index in [9.17, 15) is 19.2 Å². The van der Waals surface area contributed by atoms with Crippen LogP contribution in [-0.4, -0.2) is 30.4 Å². The number of carbonyl (C=O) groups is 4. The van der Waals surface area contributed by atoms with E-state index in [1.54, 1.807) is 36.4 Å². The minimum absolute atomic E-state index is 0.209. The normalized spacial score (nSPS) is 13.9. The van der Waals surface area contributed by atoms with Crippen molar-refractivity contribution in [2.24, 2.45) is 0 Å². The van der Waals surface area contributed by atoms with Gasteiger partial charge in [0.15, 0.2) is 6.61 Å². The highest BCUT2D eigenvalue weighted by atomic mass is 35.5. The van der Waals surface area contributed by atoms with Crippen LogP contribution in [0.25, 0.3) is 6.08 Å². The van der Waals surface area contributed by atoms with Crippen LogP contribution in [-0.2, 0) is 21.0 Å². The minimum atomic E-state index is -0.888. The molecule has 1 saturated heterocycles. The molecule has 4 aromatic carbocycles. The van der Waals surface area contributed by atoms with Crippen LogP contribution in [0.3, 0.4) is 0 Å². The number of nitrogens with zero attached hydrogens (tertiary/aromatic N) is 1. The fraction of sp³-hybridized carbons (Fsp3) is 0.118. The molecule has 9 nitrogen and oxygen atoms in total. The van der Waals surface area contributed by atoms with Gasteiger partial charge in [-0.25, -0.2) is 9.69 Å². The van der Waals surface area contributed by atoms with Crippen molar-refractivity contribution in [2.75, 3.05) is 16.8 Å². The highest BCUT2D eigenvalue weighted by molar-refractivity contribution is 6.39. The molecule has 10 heteroatoms. The number of ether oxygens (including phenoxy) is 2. The van der Waals surface area contributed by atoms with E-state index in [0.717, 1.165) is 21.6 Å². The number of imide groups is 2. The number of hydrogen-bond acceptors (Lipinski definition) is 6. The van der Waals surface area contributed by atoms with Crippen molar-refractivity contribution in [3.63, 3.8) is 0 Å². The van der Waals surface area contributed by atoms with Crippen LogP contribution in [0.2, 0.25) is 5.02 Å². The van der Waals surface area contributed by atoms with Gasteiger partial charge in [-0.3, -0.25) is 19.7 Å². The SMILES string of the molecule is Cc1ccc(NC(=O)COc2ccc(Cl)cc2/C=C2/C(=O)NC(=O)N(c3ccc(OCc4ccccc4)cc3)C2=O)cc1C. The first-order valence-corrected chi connectivity index (χ1v) is 14.0. The lowest BCUT2D eigenvalue weighted by molar-refractivity contribution is -0.122. The van der Waals surface area contributed by atoms with Gasteiger partial charge in [-0.2, -0.15) is 0 Å². The molecule has 5 amide bonds. The van der Waals surface area contributed by atoms with Crippen molar-refractivity contribution < 1.29 is 28.7 Å². The Morgan fingerprint density at radius 1 is 0.886 bits per heavy atom. The highest BCUT2D eigenvalue weighted by Crippen LogP contribution is 2.29. The van der Waals surface area contributed by atoms with Gasteiger partial charge in [-0.1, -0.05) is 48.0 Å². The summed E-state index contributed by atoms with van der Waals surface area (Å²) in [7, 11) is 0. The second-order valence-electron chi connectivity index (χ2n) is 10.0. The lowest BCUT2D eigenvalue weighted by Gasteiger charge is -2.26. The van der Waals surface area contributed by atoms with Gasteiger partial charge in [-0.05, 0) is 91.2 Å². The molecule has 0 saturated carbocycles. The first kappa shape index (κ1) is 30.1. The van der Waals surface area contributed by atoms with Crippen molar-refractivity contribution in [3.8, 4) is 11.5 Å². The number of anilines is 2. The maximum atomic E-state index is 13.5. The molecule has 1 fully saturated rings. The smallest absolute Gasteiger partial charge is 0.335 e. The average molecular weight is 610 g/mol. The Kier molecular flexibility index (Phi) is 9.06. The first-order chi connectivity index (χ1) is 21.2. The molecule has 222 valence electrons. The van der Waals surface area contributed by atoms with E-state index >= 15 is 0 Å². The fourth-order valence-electron chi connectivity index (χ4n) is 4.40. The standard InChI is InChI=1S/C34H28ClN3O6/c1-21-8-10-26(16-22(21)2)36-31(39)20-44-30-15-9-25(35)17-24(30)18-29-32(40)37-34(42)38(33(29)41)27-11-13-28(14-12-27)43-19-23-6-4-3-5-7-23/h3-18H,19-20H2,1-2H3,(H,36,39)(H,37,40,42)/b29-18-. The van der Waals surface area contributed by atoms with Crippen LogP contribution in [0, 0.1) is 13.8 Å². The quantitative estimate of drug-likeness (QED) is 0.172. The molecule has 1 heterocycles. The molecule has 1 aliphatic rings. The van der Waals surface area contributed by atoms with Crippen molar-refractivity contribution in [3.05, 3.63) is 124 Å². The van der Waals surface area contributed by atoms with E-state index in [-0.39, 0.29) is 29.2 Å². The Labute approximate surface area is 259 Å². The zero-order valence-electron chi connectivity index (χ0n) is 23.9. The molecule has 0 radical (unpaired) electrons. The summed E-state index contributed by atoms with van der Waals surface area (Å²) in [6.45, 7) is 3.94. The Hall–Kier alpha value is -5.41. The maximum absolute atomic E-state index is 13.5. The Bertz CT molecular complexity index is 1770. The van der Waals surface area contributed by atoms with E-state index < -0.39 is 23.8 Å². The zero-order valence-corrected chi connectivity index (χ0v) is 24.7. The minimum Gasteiger partial charge on any atom is -0.489 e. The third kappa shape index (κ3) is 7.14. The van der Waals surface area contributed by atoms with Gasteiger partial charge >= 0.3 is 6.03 Å². The van der Waals surface area contributed by atoms with Crippen LogP contribution in [0.4, 0.5) is 16.2 Å². The Balaban J connectivity index is 1.31. The van der Waals surface area contributed by atoms with Crippen molar-refractivity contribution >= 4 is 52.8 Å². The van der Waals surface area contributed by atoms with E-state index in [1.807, 2.05) is 56.3 Å². The van der Waals surface area contributed by atoms with Gasteiger partial charge in [0.05, 0.1) is 5.69 Å². The summed E-state index contributed by atoms with van der Waals surface area (Å²) in [6, 6.07) is 25.2. The lowest BCUT2D eigenvalue weighted by atomic mass is 10.1. The molecule has 4 aromatic rings. The predicted octanol–water partition coefficient (Wildman–Crippen LogP) is 6.22. The summed E-state index contributed by atoms with van der Waals surface area (Å²) in [4.78, 5) is 52.4. The number of urea groups is 1. The zero-order chi connectivity index (χ0) is 31.2. The van der Waals surface area contributed by atoms with E-state index in [4.69, 9.17) is 21.1 Å². The molecular formula is C34H28ClN3O6. The first-order valence-electron chi connectivity index (χ1n) is 13.7. The highest BCUT2D eigenvalue weighted by Gasteiger charge is 2.37. The molecule has 0 bridgehead atoms. The molecule has 0 unspecified atom stereocenters. The third-order valence-corrected chi connectivity index (χ3v) is 7.10. The van der Waals surface area contributed by atoms with Crippen LogP contribution < -0.4 is 25.0 Å². The number of amides is 5. The second kappa shape index (κ2) is 13.3. The van der Waals surface area contributed by atoms with Gasteiger partial charge in [0.25, 0.3) is 17.7 Å². The van der Waals surface area contributed by atoms with Gasteiger partial charge < -0.3 is 14.8 Å². The van der Waals surface area contributed by atoms with Crippen LogP contribution in [0.1, 0.15) is 22.3 Å². The number of nitrogens with one attached hydrogen (secondary N) is 2. The summed E-state index contributed by atoms with van der Waals surface area (Å²) in [5.74, 6) is -1.37. The van der Waals surface area contributed by atoms with Gasteiger partial charge in [0.1, 0.15) is 23.7 Å². The summed E-state index contributed by atoms with van der Waals surface area (Å²) < 4.78 is 11.5. The number of halogens is 1. The molecule has 0 atom stereocenters. The molecule has 1 aliphatic heterocycles. The molecule has 2 N–H and O–H groups in total. The number of hydrogen-bond donors (Lipinski definition) is 2. The largest absolute Gasteiger partial charge is 0.489 e. The molecule has 0 aromatic heterocycles.